The summed E-state index contributed by atoms with van der Waals surface area (Å²) in [7, 11) is -2.78. The number of halogens is 3. The molecule has 0 spiro atoms. The van der Waals surface area contributed by atoms with Crippen LogP contribution in [0, 0.1) is 0 Å². The van der Waals surface area contributed by atoms with E-state index < -0.39 is 22.1 Å². The molecule has 0 fully saturated rings. The van der Waals surface area contributed by atoms with Crippen molar-refractivity contribution in [1.29, 1.82) is 0 Å². The zero-order valence-corrected chi connectivity index (χ0v) is 8.59. The second-order valence-electron chi connectivity index (χ2n) is 2.38. The van der Waals surface area contributed by atoms with E-state index in [1.807, 2.05) is 5.38 Å². The predicted octanol–water partition coefficient (Wildman–Crippen LogP) is 3.03. The summed E-state index contributed by atoms with van der Waals surface area (Å²) in [5.74, 6) is -0.485. The van der Waals surface area contributed by atoms with E-state index in [1.165, 1.54) is 23.5 Å². The third-order valence-corrected chi connectivity index (χ3v) is 3.18. The van der Waals surface area contributed by atoms with Crippen LogP contribution in [-0.2, 0) is 10.8 Å². The fourth-order valence-corrected chi connectivity index (χ4v) is 1.84. The lowest BCUT2D eigenvalue weighted by Gasteiger charge is -2.01. The maximum Gasteiger partial charge on any atom is 0.471 e. The Labute approximate surface area is 85.7 Å². The highest BCUT2D eigenvalue weighted by Gasteiger charge is 2.35. The molecule has 1 heterocycles. The molecule has 0 aliphatic rings. The van der Waals surface area contributed by atoms with Gasteiger partial charge in [0.2, 0.25) is 0 Å². The topological polar surface area (TPSA) is 17.1 Å². The van der Waals surface area contributed by atoms with Gasteiger partial charge in [-0.2, -0.15) is 13.2 Å². The molecule has 14 heavy (non-hydrogen) atoms. The van der Waals surface area contributed by atoms with Gasteiger partial charge in [-0.05, 0) is 17.5 Å². The monoisotopic (exact) mass is 240 g/mol. The minimum atomic E-state index is -4.61. The lowest BCUT2D eigenvalue weighted by Crippen LogP contribution is -2.17. The summed E-state index contributed by atoms with van der Waals surface area (Å²) in [5, 5.41) is 1.82. The number of hydrogen-bond acceptors (Lipinski definition) is 2. The van der Waals surface area contributed by atoms with Crippen LogP contribution in [-0.4, -0.2) is 15.5 Å². The molecule has 1 aromatic rings. The molecular formula is C8H7F3OS2. The number of hydrogen-bond donors (Lipinski definition) is 0. The molecule has 1 aromatic heterocycles. The molecule has 0 N–H and O–H groups in total. The summed E-state index contributed by atoms with van der Waals surface area (Å²) in [4.78, 5) is 0.851. The number of rotatable bonds is 3. The highest BCUT2D eigenvalue weighted by Crippen LogP contribution is 2.20. The van der Waals surface area contributed by atoms with E-state index in [9.17, 15) is 17.4 Å². The average molecular weight is 240 g/mol. The minimum Gasteiger partial charge on any atom is -0.250 e. The molecule has 78 valence electrons. The summed E-state index contributed by atoms with van der Waals surface area (Å²) < 4.78 is 45.9. The van der Waals surface area contributed by atoms with Crippen LogP contribution in [0.2, 0.25) is 0 Å². The molecule has 1 atom stereocenters. The largest absolute Gasteiger partial charge is 0.471 e. The fraction of sp³-hybridized carbons (Fsp3) is 0.250. The zero-order chi connectivity index (χ0) is 10.6. The second kappa shape index (κ2) is 4.75. The minimum absolute atomic E-state index is 0.485. The Bertz CT molecular complexity index is 327. The Morgan fingerprint density at radius 2 is 2.21 bits per heavy atom. The molecule has 0 radical (unpaired) electrons. The van der Waals surface area contributed by atoms with Crippen LogP contribution in [0.15, 0.2) is 23.6 Å². The third kappa shape index (κ3) is 3.63. The van der Waals surface area contributed by atoms with Crippen molar-refractivity contribution in [1.82, 2.24) is 0 Å². The van der Waals surface area contributed by atoms with Crippen LogP contribution in [0.1, 0.15) is 4.88 Å². The van der Waals surface area contributed by atoms with Crippen LogP contribution >= 0.6 is 11.3 Å². The first-order valence-electron chi connectivity index (χ1n) is 3.65. The van der Waals surface area contributed by atoms with E-state index in [0.717, 1.165) is 4.88 Å². The van der Waals surface area contributed by atoms with Crippen molar-refractivity contribution >= 4 is 28.2 Å². The Morgan fingerprint density at radius 3 is 2.71 bits per heavy atom. The van der Waals surface area contributed by atoms with Gasteiger partial charge in [-0.15, -0.1) is 11.3 Å². The van der Waals surface area contributed by atoms with Gasteiger partial charge in [0.05, 0.1) is 5.75 Å². The molecule has 6 heteroatoms. The smallest absolute Gasteiger partial charge is 0.250 e. The molecule has 0 aliphatic carbocycles. The molecule has 0 saturated carbocycles. The van der Waals surface area contributed by atoms with Crippen molar-refractivity contribution in [3.05, 3.63) is 28.5 Å². The molecule has 0 aromatic carbocycles. The van der Waals surface area contributed by atoms with Gasteiger partial charge in [0.25, 0.3) is 0 Å². The first-order chi connectivity index (χ1) is 6.50. The molecule has 1 nitrogen and oxygen atoms in total. The first-order valence-corrected chi connectivity index (χ1v) is 5.85. The van der Waals surface area contributed by atoms with Gasteiger partial charge in [-0.25, -0.2) is 0 Å². The van der Waals surface area contributed by atoms with Crippen molar-refractivity contribution in [2.75, 3.05) is 5.75 Å². The van der Waals surface area contributed by atoms with Gasteiger partial charge in [0, 0.05) is 4.88 Å². The quantitative estimate of drug-likeness (QED) is 0.793. The van der Waals surface area contributed by atoms with Gasteiger partial charge in [0.15, 0.2) is 0 Å². The molecule has 1 unspecified atom stereocenters. The van der Waals surface area contributed by atoms with Crippen molar-refractivity contribution in [2.24, 2.45) is 0 Å². The fourth-order valence-electron chi connectivity index (χ4n) is 0.732. The Morgan fingerprint density at radius 1 is 1.50 bits per heavy atom. The Kier molecular flexibility index (Phi) is 3.88. The Hall–Kier alpha value is -0.620. The van der Waals surface area contributed by atoms with Gasteiger partial charge < -0.3 is 0 Å². The van der Waals surface area contributed by atoms with E-state index in [-0.39, 0.29) is 0 Å². The predicted molar refractivity (Wildman–Crippen MR) is 52.4 cm³/mol. The van der Waals surface area contributed by atoms with E-state index in [0.29, 0.717) is 0 Å². The highest BCUT2D eigenvalue weighted by atomic mass is 32.2. The Balaban J connectivity index is 2.45. The van der Waals surface area contributed by atoms with E-state index in [2.05, 4.69) is 0 Å². The van der Waals surface area contributed by atoms with Gasteiger partial charge in [0.1, 0.15) is 10.8 Å². The number of alkyl halides is 3. The maximum absolute atomic E-state index is 11.8. The molecule has 0 bridgehead atoms. The SMILES string of the molecule is O=S(C/C=C/c1cccs1)C(F)(F)F. The van der Waals surface area contributed by atoms with Crippen molar-refractivity contribution in [3.63, 3.8) is 0 Å². The standard InChI is InChI=1S/C8H7F3OS2/c9-8(10,11)14(12)6-2-4-7-3-1-5-13-7/h1-5H,6H2/b4-2+. The van der Waals surface area contributed by atoms with E-state index >= 15 is 0 Å². The highest BCUT2D eigenvalue weighted by molar-refractivity contribution is 7.86. The van der Waals surface area contributed by atoms with Gasteiger partial charge in [-0.1, -0.05) is 12.1 Å². The van der Waals surface area contributed by atoms with Crippen LogP contribution < -0.4 is 0 Å². The molecule has 0 saturated heterocycles. The number of thiophene rings is 1. The average Bonchev–Trinajstić information content (AvgIpc) is 2.55. The molecule has 0 amide bonds. The molecule has 0 aliphatic heterocycles. The summed E-state index contributed by atoms with van der Waals surface area (Å²) in [6.07, 6.45) is 2.81. The maximum atomic E-state index is 11.8. The van der Waals surface area contributed by atoms with Crippen LogP contribution in [0.4, 0.5) is 13.2 Å². The summed E-state index contributed by atoms with van der Waals surface area (Å²) >= 11 is 1.42. The van der Waals surface area contributed by atoms with Crippen molar-refractivity contribution in [2.45, 2.75) is 5.51 Å². The van der Waals surface area contributed by atoms with Gasteiger partial charge in [-0.3, -0.25) is 4.21 Å². The lowest BCUT2D eigenvalue weighted by molar-refractivity contribution is -0.0382. The van der Waals surface area contributed by atoms with Crippen LogP contribution in [0.25, 0.3) is 6.08 Å². The normalized spacial score (nSPS) is 14.8. The van der Waals surface area contributed by atoms with Crippen molar-refractivity contribution in [3.8, 4) is 0 Å². The van der Waals surface area contributed by atoms with Crippen LogP contribution in [0.5, 0.6) is 0 Å². The first kappa shape index (κ1) is 11.5. The van der Waals surface area contributed by atoms with Crippen LogP contribution in [0.3, 0.4) is 0 Å². The lowest BCUT2D eigenvalue weighted by atomic mass is 10.4. The van der Waals surface area contributed by atoms with E-state index in [4.69, 9.17) is 0 Å². The van der Waals surface area contributed by atoms with Crippen molar-refractivity contribution < 1.29 is 17.4 Å². The zero-order valence-electron chi connectivity index (χ0n) is 6.95. The van der Waals surface area contributed by atoms with Gasteiger partial charge >= 0.3 is 5.51 Å². The molecular weight excluding hydrogens is 233 g/mol. The summed E-state index contributed by atoms with van der Waals surface area (Å²) in [6, 6.07) is 3.57. The molecule has 1 rings (SSSR count). The third-order valence-electron chi connectivity index (χ3n) is 1.33. The second-order valence-corrected chi connectivity index (χ2v) is 4.84. The van der Waals surface area contributed by atoms with E-state index in [1.54, 1.807) is 12.1 Å². The summed E-state index contributed by atoms with van der Waals surface area (Å²) in [5.41, 5.74) is -4.61. The summed E-state index contributed by atoms with van der Waals surface area (Å²) in [6.45, 7) is 0.